The first-order chi connectivity index (χ1) is 7.27. The minimum Gasteiger partial charge on any atom is -0.307 e. The zero-order valence-electron chi connectivity index (χ0n) is 9.61. The smallest absolute Gasteiger partial charge is 0.140 e. The van der Waals surface area contributed by atoms with E-state index < -0.39 is 0 Å². The van der Waals surface area contributed by atoms with Crippen molar-refractivity contribution in [2.45, 2.75) is 45.2 Å². The van der Waals surface area contributed by atoms with E-state index in [4.69, 9.17) is 0 Å². The van der Waals surface area contributed by atoms with Gasteiger partial charge in [-0.05, 0) is 18.8 Å². The Morgan fingerprint density at radius 1 is 1.47 bits per heavy atom. The number of hydrogen-bond donors (Lipinski definition) is 1. The number of aromatic nitrogens is 3. The van der Waals surface area contributed by atoms with Gasteiger partial charge in [0.15, 0.2) is 0 Å². The lowest BCUT2D eigenvalue weighted by Gasteiger charge is -2.29. The van der Waals surface area contributed by atoms with E-state index >= 15 is 0 Å². The first-order valence-corrected chi connectivity index (χ1v) is 5.83. The molecule has 1 aliphatic rings. The van der Waals surface area contributed by atoms with Gasteiger partial charge in [-0.1, -0.05) is 19.8 Å². The second-order valence-corrected chi connectivity index (χ2v) is 4.55. The van der Waals surface area contributed by atoms with Gasteiger partial charge in [-0.15, -0.1) is 0 Å². The van der Waals surface area contributed by atoms with Crippen LogP contribution in [0.4, 0.5) is 0 Å². The maximum absolute atomic E-state index is 4.21. The van der Waals surface area contributed by atoms with Crippen molar-refractivity contribution in [3.05, 3.63) is 12.2 Å². The summed E-state index contributed by atoms with van der Waals surface area (Å²) in [5.41, 5.74) is 0. The van der Waals surface area contributed by atoms with Gasteiger partial charge in [-0.2, -0.15) is 5.10 Å². The maximum Gasteiger partial charge on any atom is 0.140 e. The van der Waals surface area contributed by atoms with Crippen molar-refractivity contribution >= 4 is 0 Å². The van der Waals surface area contributed by atoms with Gasteiger partial charge in [0, 0.05) is 13.1 Å². The lowest BCUT2D eigenvalue weighted by Crippen LogP contribution is -2.37. The molecule has 15 heavy (non-hydrogen) atoms. The molecular formula is C11H20N4. The highest BCUT2D eigenvalue weighted by atomic mass is 15.3. The molecule has 4 heteroatoms. The lowest BCUT2D eigenvalue weighted by molar-refractivity contribution is 0.276. The Kier molecular flexibility index (Phi) is 3.36. The van der Waals surface area contributed by atoms with Crippen LogP contribution in [0.2, 0.25) is 0 Å². The molecule has 1 N–H and O–H groups in total. The molecule has 0 amide bonds. The zero-order chi connectivity index (χ0) is 10.7. The Hall–Kier alpha value is -0.900. The quantitative estimate of drug-likeness (QED) is 0.818. The van der Waals surface area contributed by atoms with Crippen molar-refractivity contribution in [1.82, 2.24) is 20.1 Å². The SMILES string of the molecule is CC1CCCCC1NCc1ncnn1C. The van der Waals surface area contributed by atoms with E-state index in [1.54, 1.807) is 6.33 Å². The molecule has 4 nitrogen and oxygen atoms in total. The first-order valence-electron chi connectivity index (χ1n) is 5.83. The summed E-state index contributed by atoms with van der Waals surface area (Å²) >= 11 is 0. The average Bonchev–Trinajstić information content (AvgIpc) is 2.63. The van der Waals surface area contributed by atoms with E-state index in [-0.39, 0.29) is 0 Å². The molecule has 0 aliphatic heterocycles. The molecule has 1 heterocycles. The summed E-state index contributed by atoms with van der Waals surface area (Å²) in [6.07, 6.45) is 7.03. The second-order valence-electron chi connectivity index (χ2n) is 4.55. The minimum absolute atomic E-state index is 0.662. The van der Waals surface area contributed by atoms with Crippen molar-refractivity contribution in [3.63, 3.8) is 0 Å². The molecule has 1 fully saturated rings. The van der Waals surface area contributed by atoms with Crippen LogP contribution < -0.4 is 5.32 Å². The maximum atomic E-state index is 4.21. The van der Waals surface area contributed by atoms with Crippen LogP contribution in [0.25, 0.3) is 0 Å². The van der Waals surface area contributed by atoms with Crippen LogP contribution >= 0.6 is 0 Å². The van der Waals surface area contributed by atoms with Crippen LogP contribution in [0, 0.1) is 5.92 Å². The summed E-state index contributed by atoms with van der Waals surface area (Å²) < 4.78 is 1.83. The van der Waals surface area contributed by atoms with Gasteiger partial charge in [0.1, 0.15) is 12.2 Å². The highest BCUT2D eigenvalue weighted by Gasteiger charge is 2.20. The van der Waals surface area contributed by atoms with E-state index in [2.05, 4.69) is 22.3 Å². The van der Waals surface area contributed by atoms with Gasteiger partial charge in [0.25, 0.3) is 0 Å². The molecule has 1 saturated carbocycles. The number of nitrogens with zero attached hydrogens (tertiary/aromatic N) is 3. The molecule has 2 atom stereocenters. The van der Waals surface area contributed by atoms with E-state index in [1.807, 2.05) is 11.7 Å². The van der Waals surface area contributed by atoms with Gasteiger partial charge in [-0.25, -0.2) is 4.98 Å². The average molecular weight is 208 g/mol. The molecule has 1 aromatic rings. The molecular weight excluding hydrogens is 188 g/mol. The van der Waals surface area contributed by atoms with E-state index in [1.165, 1.54) is 25.7 Å². The van der Waals surface area contributed by atoms with Crippen molar-refractivity contribution in [2.24, 2.45) is 13.0 Å². The Morgan fingerprint density at radius 3 is 2.93 bits per heavy atom. The second kappa shape index (κ2) is 4.75. The third-order valence-electron chi connectivity index (χ3n) is 3.44. The Morgan fingerprint density at radius 2 is 2.27 bits per heavy atom. The summed E-state index contributed by atoms with van der Waals surface area (Å²) in [5, 5.41) is 7.66. The van der Waals surface area contributed by atoms with Crippen LogP contribution in [0.5, 0.6) is 0 Å². The fraction of sp³-hybridized carbons (Fsp3) is 0.818. The van der Waals surface area contributed by atoms with Crippen LogP contribution in [-0.4, -0.2) is 20.8 Å². The van der Waals surface area contributed by atoms with Gasteiger partial charge in [-0.3, -0.25) is 4.68 Å². The number of aryl methyl sites for hydroxylation is 1. The fourth-order valence-electron chi connectivity index (χ4n) is 2.32. The number of nitrogens with one attached hydrogen (secondary N) is 1. The normalized spacial score (nSPS) is 26.8. The summed E-state index contributed by atoms with van der Waals surface area (Å²) in [5.74, 6) is 1.82. The summed E-state index contributed by atoms with van der Waals surface area (Å²) in [6, 6.07) is 0.662. The Bertz CT molecular complexity index is 307. The van der Waals surface area contributed by atoms with Crippen LogP contribution in [0.3, 0.4) is 0 Å². The van der Waals surface area contributed by atoms with Gasteiger partial charge in [0.2, 0.25) is 0 Å². The predicted molar refractivity (Wildman–Crippen MR) is 59.3 cm³/mol. The van der Waals surface area contributed by atoms with Gasteiger partial charge < -0.3 is 5.32 Å². The molecule has 2 unspecified atom stereocenters. The third kappa shape index (κ3) is 2.56. The summed E-state index contributed by atoms with van der Waals surface area (Å²) in [6.45, 7) is 3.18. The van der Waals surface area contributed by atoms with Crippen molar-refractivity contribution in [3.8, 4) is 0 Å². The fourth-order valence-corrected chi connectivity index (χ4v) is 2.32. The van der Waals surface area contributed by atoms with Crippen LogP contribution in [-0.2, 0) is 13.6 Å². The molecule has 1 aromatic heterocycles. The topological polar surface area (TPSA) is 42.7 Å². The Balaban J connectivity index is 1.84. The highest BCUT2D eigenvalue weighted by molar-refractivity contribution is 4.86. The molecule has 0 bridgehead atoms. The largest absolute Gasteiger partial charge is 0.307 e. The van der Waals surface area contributed by atoms with Crippen LogP contribution in [0.15, 0.2) is 6.33 Å². The predicted octanol–water partition coefficient (Wildman–Crippen LogP) is 1.48. The third-order valence-corrected chi connectivity index (χ3v) is 3.44. The highest BCUT2D eigenvalue weighted by Crippen LogP contribution is 2.23. The molecule has 0 radical (unpaired) electrons. The molecule has 2 rings (SSSR count). The molecule has 1 aliphatic carbocycles. The van der Waals surface area contributed by atoms with Gasteiger partial charge in [0.05, 0.1) is 6.54 Å². The zero-order valence-corrected chi connectivity index (χ0v) is 9.61. The summed E-state index contributed by atoms with van der Waals surface area (Å²) in [7, 11) is 1.94. The molecule has 84 valence electrons. The van der Waals surface area contributed by atoms with E-state index in [0.717, 1.165) is 18.3 Å². The molecule has 0 aromatic carbocycles. The Labute approximate surface area is 91.1 Å². The van der Waals surface area contributed by atoms with Crippen molar-refractivity contribution in [1.29, 1.82) is 0 Å². The van der Waals surface area contributed by atoms with Gasteiger partial charge >= 0.3 is 0 Å². The molecule has 0 saturated heterocycles. The van der Waals surface area contributed by atoms with Crippen molar-refractivity contribution < 1.29 is 0 Å². The summed E-state index contributed by atoms with van der Waals surface area (Å²) in [4.78, 5) is 4.21. The lowest BCUT2D eigenvalue weighted by atomic mass is 9.86. The molecule has 0 spiro atoms. The number of rotatable bonds is 3. The number of hydrogen-bond acceptors (Lipinski definition) is 3. The standard InChI is InChI=1S/C11H20N4/c1-9-5-3-4-6-10(9)12-7-11-13-8-14-15(11)2/h8-10,12H,3-7H2,1-2H3. The first kappa shape index (κ1) is 10.6. The van der Waals surface area contributed by atoms with E-state index in [9.17, 15) is 0 Å². The van der Waals surface area contributed by atoms with E-state index in [0.29, 0.717) is 6.04 Å². The van der Waals surface area contributed by atoms with Crippen molar-refractivity contribution in [2.75, 3.05) is 0 Å². The van der Waals surface area contributed by atoms with Crippen LogP contribution in [0.1, 0.15) is 38.4 Å². The monoisotopic (exact) mass is 208 g/mol. The minimum atomic E-state index is 0.662.